The van der Waals surface area contributed by atoms with Crippen LogP contribution in [-0.2, 0) is 16.6 Å². The van der Waals surface area contributed by atoms with Gasteiger partial charge in [-0.15, -0.1) is 10.2 Å². The Bertz CT molecular complexity index is 2240. The number of hydrogen-bond acceptors (Lipinski definition) is 9. The van der Waals surface area contributed by atoms with Crippen molar-refractivity contribution >= 4 is 29.9 Å². The summed E-state index contributed by atoms with van der Waals surface area (Å²) in [5.41, 5.74) is 4.75. The van der Waals surface area contributed by atoms with Gasteiger partial charge in [0, 0.05) is 49.7 Å². The number of rotatable bonds is 10. The van der Waals surface area contributed by atoms with Gasteiger partial charge in [0.15, 0.2) is 5.65 Å². The maximum absolute atomic E-state index is 15.1. The minimum Gasteiger partial charge on any atom is -0.484 e. The number of likely N-dealkylation sites (tertiary alicyclic amines) is 1. The third-order valence-corrected chi connectivity index (χ3v) is 11.8. The Morgan fingerprint density at radius 2 is 1.78 bits per heavy atom. The Morgan fingerprint density at radius 3 is 2.51 bits per heavy atom. The first-order chi connectivity index (χ1) is 28.3. The maximum Gasteiger partial charge on any atom is 0.320 e. The van der Waals surface area contributed by atoms with Gasteiger partial charge in [-0.2, -0.15) is 5.10 Å². The lowest BCUT2D eigenvalue weighted by molar-refractivity contribution is -0.122. The lowest BCUT2D eigenvalue weighted by atomic mass is 9.85. The molecule has 5 aromatic rings. The molecule has 3 aliphatic rings. The Labute approximate surface area is 345 Å². The minimum atomic E-state index is -0.334. The van der Waals surface area contributed by atoms with Crippen LogP contribution in [-0.4, -0.2) is 104 Å². The molecule has 8 rings (SSSR count). The van der Waals surface area contributed by atoms with E-state index in [1.165, 1.54) is 12.5 Å². The molecule has 2 amide bonds. The first-order valence-corrected chi connectivity index (χ1v) is 20.6. The van der Waals surface area contributed by atoms with Crippen LogP contribution in [0.5, 0.6) is 5.75 Å². The number of nitrogens with one attached hydrogen (secondary N) is 2. The van der Waals surface area contributed by atoms with Crippen LogP contribution in [0, 0.1) is 5.82 Å². The monoisotopic (exact) mass is 808 g/mol. The molecular formula is C44H57FN10O4. The highest BCUT2D eigenvalue weighted by atomic mass is 19.1. The molecule has 5 heterocycles. The third kappa shape index (κ3) is 9.36. The van der Waals surface area contributed by atoms with Crippen LogP contribution in [0.3, 0.4) is 0 Å². The number of carbonyl (C=O) groups excluding carboxylic acids is 1. The van der Waals surface area contributed by atoms with Gasteiger partial charge in [0.25, 0.3) is 6.47 Å². The summed E-state index contributed by atoms with van der Waals surface area (Å²) in [6.45, 7) is 12.0. The second-order valence-corrected chi connectivity index (χ2v) is 17.2. The molecule has 14 nitrogen and oxygen atoms in total. The number of ether oxygens (including phenoxy) is 1. The fourth-order valence-electron chi connectivity index (χ4n) is 8.27. The molecule has 0 radical (unpaired) electrons. The summed E-state index contributed by atoms with van der Waals surface area (Å²) in [5.74, 6) is 1.89. The quantitative estimate of drug-likeness (QED) is 0.126. The van der Waals surface area contributed by atoms with Gasteiger partial charge in [-0.1, -0.05) is 45.0 Å². The predicted octanol–water partition coefficient (Wildman–Crippen LogP) is 7.00. The summed E-state index contributed by atoms with van der Waals surface area (Å²) in [6.07, 6.45) is 7.35. The molecule has 1 unspecified atom stereocenters. The van der Waals surface area contributed by atoms with E-state index < -0.39 is 0 Å². The summed E-state index contributed by atoms with van der Waals surface area (Å²) in [7, 11) is 4.19. The van der Waals surface area contributed by atoms with Gasteiger partial charge in [-0.3, -0.25) is 19.4 Å². The number of urea groups is 1. The van der Waals surface area contributed by atoms with Crippen molar-refractivity contribution in [3.8, 4) is 11.4 Å². The SMILES string of the molecule is CC1CCCCN1c1nnc2ccc(O[C@@H]3CC[C@H](NC(=O)Nc4cc(C(C)(C)C)nn4-c4ccc(F)c(CCN5CC(N(C)C)C5)c4)c4ccccc43)cn12.O=CO. The van der Waals surface area contributed by atoms with Crippen LogP contribution in [0.15, 0.2) is 66.9 Å². The Morgan fingerprint density at radius 1 is 1.02 bits per heavy atom. The van der Waals surface area contributed by atoms with Crippen molar-refractivity contribution in [2.45, 2.75) is 95.9 Å². The molecule has 59 heavy (non-hydrogen) atoms. The molecule has 2 saturated heterocycles. The number of fused-ring (bicyclic) bond motifs is 2. The average Bonchev–Trinajstić information content (AvgIpc) is 3.81. The van der Waals surface area contributed by atoms with Crippen molar-refractivity contribution < 1.29 is 23.8 Å². The summed E-state index contributed by atoms with van der Waals surface area (Å²) >= 11 is 0. The van der Waals surface area contributed by atoms with Crippen LogP contribution >= 0.6 is 0 Å². The molecule has 2 fully saturated rings. The maximum atomic E-state index is 15.1. The van der Waals surface area contributed by atoms with E-state index in [1.54, 1.807) is 10.7 Å². The highest BCUT2D eigenvalue weighted by Gasteiger charge is 2.31. The van der Waals surface area contributed by atoms with Gasteiger partial charge in [-0.05, 0) is 107 Å². The lowest BCUT2D eigenvalue weighted by Gasteiger charge is -2.42. The standard InChI is InChI=1S/C43H55FN10O2.CH2O2/c1-28-11-9-10-21-52(28)42-48-47-39-19-15-32(27-53(39)42)56-37-18-17-36(33-12-7-8-13-34(33)37)45-41(55)46-40-24-38(43(2,3)4)49-54(40)30-14-16-35(44)29(23-30)20-22-51-25-31(26-51)50(5)6;2-1-3/h7-8,12-16,19,23-24,27-28,31,36-37H,9-11,17-18,20-22,25-26H2,1-6H3,(H2,45,46,55);1H,(H,2,3)/t28?,36-,37+;/m0./s1. The van der Waals surface area contributed by atoms with Crippen LogP contribution in [0.1, 0.15) is 94.3 Å². The highest BCUT2D eigenvalue weighted by Crippen LogP contribution is 2.39. The van der Waals surface area contributed by atoms with Gasteiger partial charge in [0.1, 0.15) is 23.5 Å². The van der Waals surface area contributed by atoms with Crippen LogP contribution in [0.2, 0.25) is 0 Å². The van der Waals surface area contributed by atoms with Crippen molar-refractivity contribution in [1.29, 1.82) is 0 Å². The van der Waals surface area contributed by atoms with Crippen molar-refractivity contribution in [1.82, 2.24) is 39.5 Å². The van der Waals surface area contributed by atoms with E-state index in [1.807, 2.05) is 47.0 Å². The van der Waals surface area contributed by atoms with E-state index in [2.05, 4.69) is 89.5 Å². The van der Waals surface area contributed by atoms with Crippen molar-refractivity contribution in [2.24, 2.45) is 0 Å². The van der Waals surface area contributed by atoms with Gasteiger partial charge in [-0.25, -0.2) is 13.9 Å². The van der Waals surface area contributed by atoms with E-state index in [4.69, 9.17) is 19.7 Å². The molecule has 3 atom stereocenters. The third-order valence-electron chi connectivity index (χ3n) is 11.8. The van der Waals surface area contributed by atoms with Crippen molar-refractivity contribution in [3.05, 3.63) is 95.1 Å². The normalized spacial score (nSPS) is 19.7. The molecule has 0 bridgehead atoms. The summed E-state index contributed by atoms with van der Waals surface area (Å²) in [4.78, 5) is 29.1. The Hall–Kier alpha value is -5.54. The average molecular weight is 809 g/mol. The highest BCUT2D eigenvalue weighted by molar-refractivity contribution is 5.89. The molecule has 3 N–H and O–H groups in total. The van der Waals surface area contributed by atoms with Crippen molar-refractivity contribution in [2.75, 3.05) is 50.5 Å². The molecule has 15 heteroatoms. The smallest absolute Gasteiger partial charge is 0.320 e. The van der Waals surface area contributed by atoms with E-state index in [0.717, 1.165) is 79.6 Å². The summed E-state index contributed by atoms with van der Waals surface area (Å²) in [6, 6.07) is 19.5. The van der Waals surface area contributed by atoms with Crippen molar-refractivity contribution in [3.63, 3.8) is 0 Å². The molecule has 2 aliphatic heterocycles. The molecule has 3 aromatic heterocycles. The number of halogens is 1. The zero-order valence-corrected chi connectivity index (χ0v) is 34.9. The number of amides is 2. The number of pyridine rings is 1. The van der Waals surface area contributed by atoms with E-state index in [-0.39, 0.29) is 35.9 Å². The Kier molecular flexibility index (Phi) is 12.5. The van der Waals surface area contributed by atoms with Gasteiger partial charge in [0.05, 0.1) is 23.6 Å². The number of hydrogen-bond donors (Lipinski definition) is 3. The number of carbonyl (C=O) groups is 2. The number of piperidine rings is 1. The summed E-state index contributed by atoms with van der Waals surface area (Å²) in [5, 5.41) is 27.1. The number of carboxylic acid groups (broad SMARTS) is 1. The molecule has 314 valence electrons. The number of likely N-dealkylation sites (N-methyl/N-ethyl adjacent to an activating group) is 1. The molecule has 0 spiro atoms. The number of benzene rings is 2. The number of anilines is 2. The zero-order chi connectivity index (χ0) is 41.8. The number of aromatic nitrogens is 5. The second kappa shape index (κ2) is 17.8. The topological polar surface area (TPSA) is 145 Å². The van der Waals surface area contributed by atoms with E-state index >= 15 is 4.39 Å². The van der Waals surface area contributed by atoms with E-state index in [0.29, 0.717) is 42.0 Å². The predicted molar refractivity (Wildman–Crippen MR) is 226 cm³/mol. The van der Waals surface area contributed by atoms with Gasteiger partial charge >= 0.3 is 6.03 Å². The molecular weight excluding hydrogens is 752 g/mol. The first-order valence-electron chi connectivity index (χ1n) is 20.6. The molecule has 2 aromatic carbocycles. The first kappa shape index (κ1) is 41.6. The fraction of sp³-hybridized carbons (Fsp3) is 0.477. The van der Waals surface area contributed by atoms with Crippen LogP contribution < -0.4 is 20.3 Å². The van der Waals surface area contributed by atoms with Gasteiger partial charge < -0.3 is 25.0 Å². The molecule has 0 saturated carbocycles. The van der Waals surface area contributed by atoms with Crippen LogP contribution in [0.25, 0.3) is 11.3 Å². The largest absolute Gasteiger partial charge is 0.484 e. The van der Waals surface area contributed by atoms with E-state index in [9.17, 15) is 4.79 Å². The lowest BCUT2D eigenvalue weighted by Crippen LogP contribution is -2.57. The second-order valence-electron chi connectivity index (χ2n) is 17.2. The van der Waals surface area contributed by atoms with Crippen LogP contribution in [0.4, 0.5) is 21.0 Å². The van der Waals surface area contributed by atoms with Gasteiger partial charge in [0.2, 0.25) is 5.95 Å². The zero-order valence-electron chi connectivity index (χ0n) is 34.9. The Balaban J connectivity index is 0.00000171. The number of nitrogens with zero attached hydrogens (tertiary/aromatic N) is 8. The fourth-order valence-corrected chi connectivity index (χ4v) is 8.27. The molecule has 1 aliphatic carbocycles. The minimum absolute atomic E-state index is 0.183. The summed E-state index contributed by atoms with van der Waals surface area (Å²) < 4.78 is 25.5.